The maximum Gasteiger partial charge on any atom is 0.328 e. The highest BCUT2D eigenvalue weighted by Crippen LogP contribution is 2.27. The minimum absolute atomic E-state index is 0. The molecule has 0 bridgehead atoms. The summed E-state index contributed by atoms with van der Waals surface area (Å²) < 4.78 is 4.65. The van der Waals surface area contributed by atoms with Gasteiger partial charge in [0.1, 0.15) is 6.04 Å². The maximum absolute atomic E-state index is 11.6. The van der Waals surface area contributed by atoms with E-state index in [0.29, 0.717) is 0 Å². The topological polar surface area (TPSA) is 67.4 Å². The molecular weight excluding hydrogens is 256 g/mol. The van der Waals surface area contributed by atoms with Crippen LogP contribution in [0.5, 0.6) is 0 Å². The van der Waals surface area contributed by atoms with Gasteiger partial charge < -0.3 is 15.4 Å². The molecule has 1 unspecified atom stereocenters. The van der Waals surface area contributed by atoms with Crippen molar-refractivity contribution in [2.24, 2.45) is 11.8 Å². The first-order valence-corrected chi connectivity index (χ1v) is 6.12. The number of carbonyl (C=O) groups is 2. The molecule has 18 heavy (non-hydrogen) atoms. The Bertz CT molecular complexity index is 280. The molecule has 6 heteroatoms. The third-order valence-corrected chi connectivity index (χ3v) is 2.85. The monoisotopic (exact) mass is 278 g/mol. The van der Waals surface area contributed by atoms with Gasteiger partial charge in [-0.25, -0.2) is 4.79 Å². The molecular formula is C12H23ClN2O3. The molecule has 0 aliphatic heterocycles. The summed E-state index contributed by atoms with van der Waals surface area (Å²) in [5, 5.41) is 5.77. The molecule has 0 radical (unpaired) electrons. The van der Waals surface area contributed by atoms with Gasteiger partial charge in [-0.15, -0.1) is 12.4 Å². The summed E-state index contributed by atoms with van der Waals surface area (Å²) in [6.45, 7) is 4.90. The van der Waals surface area contributed by atoms with Crippen molar-refractivity contribution in [1.82, 2.24) is 10.6 Å². The van der Waals surface area contributed by atoms with Crippen LogP contribution in [0.2, 0.25) is 0 Å². The minimum atomic E-state index is -0.560. The Labute approximate surface area is 114 Å². The van der Waals surface area contributed by atoms with Crippen LogP contribution in [0.15, 0.2) is 0 Å². The molecule has 0 aromatic heterocycles. The Morgan fingerprint density at radius 1 is 1.33 bits per heavy atom. The molecule has 0 saturated heterocycles. The molecule has 1 saturated carbocycles. The Kier molecular flexibility index (Phi) is 7.95. The first kappa shape index (κ1) is 17.2. The summed E-state index contributed by atoms with van der Waals surface area (Å²) in [6.07, 6.45) is 2.51. The van der Waals surface area contributed by atoms with E-state index in [0.717, 1.165) is 12.5 Å². The zero-order chi connectivity index (χ0) is 12.8. The Morgan fingerprint density at radius 3 is 2.39 bits per heavy atom. The molecule has 1 rings (SSSR count). The highest BCUT2D eigenvalue weighted by molar-refractivity contribution is 5.85. The normalized spacial score (nSPS) is 15.8. The number of ether oxygens (including phenoxy) is 1. The molecule has 1 aliphatic rings. The van der Waals surface area contributed by atoms with Crippen molar-refractivity contribution in [1.29, 1.82) is 0 Å². The molecule has 5 nitrogen and oxygen atoms in total. The molecule has 1 atom stereocenters. The van der Waals surface area contributed by atoms with Crippen molar-refractivity contribution in [3.05, 3.63) is 0 Å². The highest BCUT2D eigenvalue weighted by Gasteiger charge is 2.25. The number of methoxy groups -OCH3 is 1. The fourth-order valence-electron chi connectivity index (χ4n) is 1.56. The molecule has 0 spiro atoms. The zero-order valence-electron chi connectivity index (χ0n) is 11.2. The van der Waals surface area contributed by atoms with Gasteiger partial charge in [0.05, 0.1) is 13.7 Å². The van der Waals surface area contributed by atoms with E-state index < -0.39 is 12.0 Å². The summed E-state index contributed by atoms with van der Waals surface area (Å²) in [5.74, 6) is 0.212. The van der Waals surface area contributed by atoms with Gasteiger partial charge in [0.15, 0.2) is 0 Å². The minimum Gasteiger partial charge on any atom is -0.467 e. The predicted octanol–water partition coefficient (Wildman–Crippen LogP) is 0.722. The SMILES string of the molecule is COC(=O)C(NC(=O)CNCC1CC1)C(C)C.Cl. The van der Waals surface area contributed by atoms with Gasteiger partial charge in [0.25, 0.3) is 0 Å². The number of hydrogen-bond acceptors (Lipinski definition) is 4. The summed E-state index contributed by atoms with van der Waals surface area (Å²) in [5.41, 5.74) is 0. The first-order chi connectivity index (χ1) is 8.04. The van der Waals surface area contributed by atoms with E-state index >= 15 is 0 Å². The first-order valence-electron chi connectivity index (χ1n) is 6.12. The van der Waals surface area contributed by atoms with Gasteiger partial charge in [0.2, 0.25) is 5.91 Å². The number of carbonyl (C=O) groups excluding carboxylic acids is 2. The molecule has 106 valence electrons. The van der Waals surface area contributed by atoms with Gasteiger partial charge in [0, 0.05) is 0 Å². The number of hydrogen-bond donors (Lipinski definition) is 2. The van der Waals surface area contributed by atoms with Crippen LogP contribution in [-0.2, 0) is 14.3 Å². The molecule has 2 N–H and O–H groups in total. The van der Waals surface area contributed by atoms with E-state index in [2.05, 4.69) is 15.4 Å². The standard InChI is InChI=1S/C12H22N2O3.ClH/c1-8(2)11(12(16)17-3)14-10(15)7-13-6-9-4-5-9;/h8-9,11,13H,4-7H2,1-3H3,(H,14,15);1H. The number of rotatable bonds is 7. The van der Waals surface area contributed by atoms with E-state index in [1.165, 1.54) is 20.0 Å². The molecule has 1 aliphatic carbocycles. The maximum atomic E-state index is 11.6. The summed E-state index contributed by atoms with van der Waals surface area (Å²) >= 11 is 0. The molecule has 1 fully saturated rings. The van der Waals surface area contributed by atoms with Crippen molar-refractivity contribution >= 4 is 24.3 Å². The number of nitrogens with one attached hydrogen (secondary N) is 2. The van der Waals surface area contributed by atoms with Crippen LogP contribution < -0.4 is 10.6 Å². The van der Waals surface area contributed by atoms with Crippen molar-refractivity contribution in [2.75, 3.05) is 20.2 Å². The van der Waals surface area contributed by atoms with E-state index in [9.17, 15) is 9.59 Å². The van der Waals surface area contributed by atoms with Gasteiger partial charge in [-0.1, -0.05) is 13.8 Å². The highest BCUT2D eigenvalue weighted by atomic mass is 35.5. The third kappa shape index (κ3) is 6.21. The largest absolute Gasteiger partial charge is 0.467 e. The van der Waals surface area contributed by atoms with Crippen molar-refractivity contribution in [3.8, 4) is 0 Å². The van der Waals surface area contributed by atoms with Crippen LogP contribution in [0.3, 0.4) is 0 Å². The lowest BCUT2D eigenvalue weighted by Crippen LogP contribution is -2.48. The summed E-state index contributed by atoms with van der Waals surface area (Å²) in [7, 11) is 1.33. The molecule has 0 aromatic rings. The molecule has 0 aromatic carbocycles. The van der Waals surface area contributed by atoms with Gasteiger partial charge >= 0.3 is 5.97 Å². The van der Waals surface area contributed by atoms with Crippen molar-refractivity contribution in [2.45, 2.75) is 32.7 Å². The van der Waals surface area contributed by atoms with Crippen LogP contribution in [0.25, 0.3) is 0 Å². The fourth-order valence-corrected chi connectivity index (χ4v) is 1.56. The van der Waals surface area contributed by atoms with Gasteiger partial charge in [-0.2, -0.15) is 0 Å². The zero-order valence-corrected chi connectivity index (χ0v) is 12.0. The average Bonchev–Trinajstić information content (AvgIpc) is 3.08. The Hall–Kier alpha value is -0.810. The van der Waals surface area contributed by atoms with Crippen LogP contribution >= 0.6 is 12.4 Å². The van der Waals surface area contributed by atoms with Crippen LogP contribution in [0.1, 0.15) is 26.7 Å². The van der Waals surface area contributed by atoms with Crippen LogP contribution in [-0.4, -0.2) is 38.1 Å². The fraction of sp³-hybridized carbons (Fsp3) is 0.833. The average molecular weight is 279 g/mol. The smallest absolute Gasteiger partial charge is 0.328 e. The lowest BCUT2D eigenvalue weighted by Gasteiger charge is -2.19. The molecule has 0 heterocycles. The van der Waals surface area contributed by atoms with E-state index in [-0.39, 0.29) is 30.8 Å². The number of esters is 1. The quantitative estimate of drug-likeness (QED) is 0.674. The number of halogens is 1. The van der Waals surface area contributed by atoms with E-state index in [1.807, 2.05) is 13.8 Å². The van der Waals surface area contributed by atoms with Crippen molar-refractivity contribution in [3.63, 3.8) is 0 Å². The number of amides is 1. The van der Waals surface area contributed by atoms with Crippen molar-refractivity contribution < 1.29 is 14.3 Å². The Balaban J connectivity index is 0.00000289. The second kappa shape index (κ2) is 8.32. The van der Waals surface area contributed by atoms with Crippen LogP contribution in [0.4, 0.5) is 0 Å². The Morgan fingerprint density at radius 2 is 1.94 bits per heavy atom. The molecule has 1 amide bonds. The third-order valence-electron chi connectivity index (χ3n) is 2.85. The second-order valence-electron chi connectivity index (χ2n) is 4.89. The predicted molar refractivity (Wildman–Crippen MR) is 71.6 cm³/mol. The van der Waals surface area contributed by atoms with E-state index in [4.69, 9.17) is 0 Å². The summed E-state index contributed by atoms with van der Waals surface area (Å²) in [4.78, 5) is 23.0. The van der Waals surface area contributed by atoms with Gasteiger partial charge in [-0.3, -0.25) is 4.79 Å². The summed E-state index contributed by atoms with van der Waals surface area (Å²) in [6, 6.07) is -0.560. The van der Waals surface area contributed by atoms with Crippen LogP contribution in [0, 0.1) is 11.8 Å². The lowest BCUT2D eigenvalue weighted by molar-refractivity contribution is -0.146. The van der Waals surface area contributed by atoms with E-state index in [1.54, 1.807) is 0 Å². The van der Waals surface area contributed by atoms with Gasteiger partial charge in [-0.05, 0) is 31.2 Å². The lowest BCUT2D eigenvalue weighted by atomic mass is 10.0. The second-order valence-corrected chi connectivity index (χ2v) is 4.89.